The first kappa shape index (κ1) is 15.5. The summed E-state index contributed by atoms with van der Waals surface area (Å²) in [5.74, 6) is -3.17. The Bertz CT molecular complexity index is 525. The molecule has 0 radical (unpaired) electrons. The number of benzene rings is 1. The Balaban J connectivity index is 1.99. The number of amides is 1. The van der Waals surface area contributed by atoms with Crippen LogP contribution in [0.25, 0.3) is 0 Å². The van der Waals surface area contributed by atoms with Gasteiger partial charge in [-0.15, -0.1) is 0 Å². The van der Waals surface area contributed by atoms with Crippen molar-refractivity contribution in [3.63, 3.8) is 0 Å². The van der Waals surface area contributed by atoms with E-state index in [9.17, 15) is 13.6 Å². The highest BCUT2D eigenvalue weighted by atomic mass is 35.5. The van der Waals surface area contributed by atoms with E-state index in [0.717, 1.165) is 5.56 Å². The second-order valence-electron chi connectivity index (χ2n) is 4.94. The van der Waals surface area contributed by atoms with Gasteiger partial charge < -0.3 is 4.90 Å². The van der Waals surface area contributed by atoms with Crippen molar-refractivity contribution < 1.29 is 13.6 Å². The molecule has 1 fully saturated rings. The Kier molecular flexibility index (Phi) is 4.52. The summed E-state index contributed by atoms with van der Waals surface area (Å²) in [4.78, 5) is 13.5. The second kappa shape index (κ2) is 5.84. The van der Waals surface area contributed by atoms with Crippen LogP contribution in [0.3, 0.4) is 0 Å². The van der Waals surface area contributed by atoms with Gasteiger partial charge in [-0.2, -0.15) is 0 Å². The molecule has 1 atom stereocenters. The molecule has 3 nitrogen and oxygen atoms in total. The first-order chi connectivity index (χ1) is 9.28. The zero-order valence-electron chi connectivity index (χ0n) is 10.8. The molecule has 20 heavy (non-hydrogen) atoms. The first-order valence-electron chi connectivity index (χ1n) is 6.08. The maximum absolute atomic E-state index is 13.1. The van der Waals surface area contributed by atoms with Gasteiger partial charge in [-0.3, -0.25) is 10.1 Å². The predicted molar refractivity (Wildman–Crippen MR) is 74.3 cm³/mol. The highest BCUT2D eigenvalue weighted by Crippen LogP contribution is 2.27. The predicted octanol–water partition coefficient (Wildman–Crippen LogP) is 2.95. The van der Waals surface area contributed by atoms with Crippen molar-refractivity contribution >= 4 is 29.1 Å². The van der Waals surface area contributed by atoms with Crippen molar-refractivity contribution in [2.45, 2.75) is 24.9 Å². The van der Waals surface area contributed by atoms with Crippen LogP contribution in [0.2, 0.25) is 10.0 Å². The highest BCUT2D eigenvalue weighted by molar-refractivity contribution is 6.42. The highest BCUT2D eigenvalue weighted by Gasteiger charge is 2.43. The van der Waals surface area contributed by atoms with E-state index in [1.54, 1.807) is 25.2 Å². The van der Waals surface area contributed by atoms with Crippen molar-refractivity contribution in [1.29, 1.82) is 0 Å². The average Bonchev–Trinajstić information content (AvgIpc) is 2.73. The summed E-state index contributed by atoms with van der Waals surface area (Å²) in [7, 11) is 1.57. The van der Waals surface area contributed by atoms with Gasteiger partial charge in [0.1, 0.15) is 0 Å². The van der Waals surface area contributed by atoms with E-state index in [2.05, 4.69) is 5.32 Å². The maximum Gasteiger partial charge on any atom is 0.262 e. The molecule has 1 amide bonds. The maximum atomic E-state index is 13.1. The van der Waals surface area contributed by atoms with Crippen LogP contribution in [0.15, 0.2) is 18.2 Å². The summed E-state index contributed by atoms with van der Waals surface area (Å²) < 4.78 is 26.2. The van der Waals surface area contributed by atoms with E-state index in [-0.39, 0.29) is 5.91 Å². The summed E-state index contributed by atoms with van der Waals surface area (Å²) in [5.41, 5.74) is 0.792. The fourth-order valence-corrected chi connectivity index (χ4v) is 2.47. The zero-order valence-corrected chi connectivity index (χ0v) is 12.3. The Morgan fingerprint density at radius 3 is 2.70 bits per heavy atom. The Morgan fingerprint density at radius 2 is 2.15 bits per heavy atom. The standard InChI is InChI=1S/C13H14Cl2F2N2O/c1-19(6-8-2-3-9(14)10(15)4-8)12(20)11-5-13(16,17)7-18-11/h2-4,11,18H,5-7H2,1H3. The number of likely N-dealkylation sites (N-methyl/N-ethyl adjacent to an activating group) is 1. The molecule has 0 aliphatic carbocycles. The SMILES string of the molecule is CN(Cc1ccc(Cl)c(Cl)c1)C(=O)C1CC(F)(F)CN1. The van der Waals surface area contributed by atoms with E-state index < -0.39 is 24.9 Å². The Labute approximate surface area is 125 Å². The molecule has 1 unspecified atom stereocenters. The molecular formula is C13H14Cl2F2N2O. The number of carbonyl (C=O) groups excluding carboxylic acids is 1. The lowest BCUT2D eigenvalue weighted by Gasteiger charge is -2.21. The van der Waals surface area contributed by atoms with E-state index >= 15 is 0 Å². The quantitative estimate of drug-likeness (QED) is 0.928. The van der Waals surface area contributed by atoms with E-state index in [0.29, 0.717) is 16.6 Å². The Morgan fingerprint density at radius 1 is 1.45 bits per heavy atom. The first-order valence-corrected chi connectivity index (χ1v) is 6.84. The molecule has 1 saturated heterocycles. The number of alkyl halides is 2. The van der Waals surface area contributed by atoms with Crippen LogP contribution < -0.4 is 5.32 Å². The van der Waals surface area contributed by atoms with Crippen LogP contribution in [0.1, 0.15) is 12.0 Å². The van der Waals surface area contributed by atoms with Crippen LogP contribution in [0, 0.1) is 0 Å². The van der Waals surface area contributed by atoms with Crippen LogP contribution in [-0.2, 0) is 11.3 Å². The molecule has 1 aliphatic rings. The van der Waals surface area contributed by atoms with Crippen LogP contribution >= 0.6 is 23.2 Å². The molecule has 1 aliphatic heterocycles. The van der Waals surface area contributed by atoms with Gasteiger partial charge in [-0.05, 0) is 17.7 Å². The molecular weight excluding hydrogens is 309 g/mol. The number of nitrogens with one attached hydrogen (secondary N) is 1. The zero-order chi connectivity index (χ0) is 14.9. The molecule has 1 heterocycles. The molecule has 0 aromatic heterocycles. The lowest BCUT2D eigenvalue weighted by molar-refractivity contribution is -0.132. The van der Waals surface area contributed by atoms with Crippen molar-refractivity contribution in [3.8, 4) is 0 Å². The van der Waals surface area contributed by atoms with Crippen molar-refractivity contribution in [2.24, 2.45) is 0 Å². The molecule has 0 bridgehead atoms. The summed E-state index contributed by atoms with van der Waals surface area (Å²) in [6.07, 6.45) is -0.461. The minimum atomic E-state index is -2.81. The van der Waals surface area contributed by atoms with Crippen LogP contribution in [-0.4, -0.2) is 36.4 Å². The number of rotatable bonds is 3. The lowest BCUT2D eigenvalue weighted by atomic mass is 10.1. The third-order valence-electron chi connectivity index (χ3n) is 3.19. The molecule has 110 valence electrons. The molecule has 2 rings (SSSR count). The number of halogens is 4. The Hall–Kier alpha value is -0.910. The molecule has 0 spiro atoms. The summed E-state index contributed by atoms with van der Waals surface area (Å²) in [5, 5.41) is 3.38. The second-order valence-corrected chi connectivity index (χ2v) is 5.75. The average molecular weight is 323 g/mol. The number of carbonyl (C=O) groups is 1. The van der Waals surface area contributed by atoms with Crippen molar-refractivity contribution in [2.75, 3.05) is 13.6 Å². The van der Waals surface area contributed by atoms with Gasteiger partial charge in [0, 0.05) is 20.0 Å². The van der Waals surface area contributed by atoms with E-state index in [1.807, 2.05) is 0 Å². The summed E-state index contributed by atoms with van der Waals surface area (Å²) in [6, 6.07) is 4.20. The van der Waals surface area contributed by atoms with E-state index in [4.69, 9.17) is 23.2 Å². The molecule has 1 aromatic carbocycles. The number of hydrogen-bond donors (Lipinski definition) is 1. The minimum Gasteiger partial charge on any atom is -0.340 e. The fourth-order valence-electron chi connectivity index (χ4n) is 2.15. The van der Waals surface area contributed by atoms with Crippen LogP contribution in [0.4, 0.5) is 8.78 Å². The minimum absolute atomic E-state index is 0.291. The summed E-state index contributed by atoms with van der Waals surface area (Å²) >= 11 is 11.7. The van der Waals surface area contributed by atoms with Gasteiger partial charge in [-0.25, -0.2) is 8.78 Å². The van der Waals surface area contributed by atoms with Gasteiger partial charge >= 0.3 is 0 Å². The largest absolute Gasteiger partial charge is 0.340 e. The van der Waals surface area contributed by atoms with Gasteiger partial charge in [0.15, 0.2) is 0 Å². The third kappa shape index (κ3) is 3.59. The normalized spacial score (nSPS) is 20.9. The van der Waals surface area contributed by atoms with Gasteiger partial charge in [0.05, 0.1) is 22.6 Å². The van der Waals surface area contributed by atoms with Gasteiger partial charge in [0.25, 0.3) is 5.92 Å². The molecule has 7 heteroatoms. The van der Waals surface area contributed by atoms with E-state index in [1.165, 1.54) is 4.90 Å². The third-order valence-corrected chi connectivity index (χ3v) is 3.93. The molecule has 1 N–H and O–H groups in total. The number of nitrogens with zero attached hydrogens (tertiary/aromatic N) is 1. The fraction of sp³-hybridized carbons (Fsp3) is 0.462. The molecule has 0 saturated carbocycles. The van der Waals surface area contributed by atoms with Gasteiger partial charge in [0.2, 0.25) is 5.91 Å². The smallest absolute Gasteiger partial charge is 0.262 e. The van der Waals surface area contributed by atoms with Gasteiger partial charge in [-0.1, -0.05) is 29.3 Å². The summed E-state index contributed by atoms with van der Waals surface area (Å²) in [6.45, 7) is -0.163. The van der Waals surface area contributed by atoms with Crippen molar-refractivity contribution in [3.05, 3.63) is 33.8 Å². The lowest BCUT2D eigenvalue weighted by Crippen LogP contribution is -2.41. The van der Waals surface area contributed by atoms with Crippen LogP contribution in [0.5, 0.6) is 0 Å². The van der Waals surface area contributed by atoms with Crippen molar-refractivity contribution in [1.82, 2.24) is 10.2 Å². The number of hydrogen-bond acceptors (Lipinski definition) is 2. The molecule has 1 aromatic rings. The monoisotopic (exact) mass is 322 g/mol. The topological polar surface area (TPSA) is 32.3 Å².